The maximum atomic E-state index is 12.2. The van der Waals surface area contributed by atoms with Crippen LogP contribution in [0.25, 0.3) is 5.69 Å². The van der Waals surface area contributed by atoms with E-state index in [1.807, 2.05) is 19.9 Å². The molecule has 7 heteroatoms. The number of non-ortho nitro benzene ring substituents is 1. The standard InChI is InChI=1S/C24H26N4O3/c1-4-5-6-19-7-11-22(12-8-19)27-17(2)15-21(18(27)3)16-25-26-24(29)20-9-13-23(14-10-20)28(30)31/h7-16H,4-6H2,1-3H3,(H,26,29). The minimum atomic E-state index is -0.506. The number of benzene rings is 2. The Bertz CT molecular complexity index is 1100. The van der Waals surface area contributed by atoms with Crippen LogP contribution in [-0.2, 0) is 6.42 Å². The Morgan fingerprint density at radius 1 is 1.13 bits per heavy atom. The van der Waals surface area contributed by atoms with E-state index in [1.165, 1.54) is 42.7 Å². The Morgan fingerprint density at radius 3 is 2.42 bits per heavy atom. The fourth-order valence-electron chi connectivity index (χ4n) is 3.47. The molecule has 1 heterocycles. The molecular formula is C24H26N4O3. The van der Waals surface area contributed by atoms with Crippen molar-refractivity contribution in [2.24, 2.45) is 5.10 Å². The number of carbonyl (C=O) groups is 1. The van der Waals surface area contributed by atoms with Crippen LogP contribution in [0.1, 0.15) is 52.6 Å². The Morgan fingerprint density at radius 2 is 1.81 bits per heavy atom. The molecule has 3 aromatic rings. The van der Waals surface area contributed by atoms with Gasteiger partial charge in [-0.05, 0) is 62.6 Å². The number of amides is 1. The van der Waals surface area contributed by atoms with Gasteiger partial charge in [-0.15, -0.1) is 0 Å². The number of nitro benzene ring substituents is 1. The van der Waals surface area contributed by atoms with Gasteiger partial charge in [-0.3, -0.25) is 14.9 Å². The highest BCUT2D eigenvalue weighted by Crippen LogP contribution is 2.21. The first-order chi connectivity index (χ1) is 14.9. The van der Waals surface area contributed by atoms with Gasteiger partial charge in [0.1, 0.15) is 0 Å². The average Bonchev–Trinajstić information content (AvgIpc) is 3.05. The predicted octanol–water partition coefficient (Wildman–Crippen LogP) is 5.11. The fraction of sp³-hybridized carbons (Fsp3) is 0.250. The maximum absolute atomic E-state index is 12.2. The summed E-state index contributed by atoms with van der Waals surface area (Å²) in [6.45, 7) is 6.24. The normalized spacial score (nSPS) is 11.1. The summed E-state index contributed by atoms with van der Waals surface area (Å²) in [6.07, 6.45) is 5.07. The number of aromatic nitrogens is 1. The summed E-state index contributed by atoms with van der Waals surface area (Å²) < 4.78 is 2.16. The Labute approximate surface area is 181 Å². The summed E-state index contributed by atoms with van der Waals surface area (Å²) in [5.41, 5.74) is 8.12. The molecule has 0 aliphatic rings. The Balaban J connectivity index is 1.70. The van der Waals surface area contributed by atoms with Gasteiger partial charge in [0, 0.05) is 40.3 Å². The minimum absolute atomic E-state index is 0.0640. The first-order valence-corrected chi connectivity index (χ1v) is 10.3. The second-order valence-electron chi connectivity index (χ2n) is 7.43. The Hall–Kier alpha value is -3.74. The summed E-state index contributed by atoms with van der Waals surface area (Å²) in [5, 5.41) is 14.8. The van der Waals surface area contributed by atoms with Crippen LogP contribution < -0.4 is 5.43 Å². The molecule has 0 spiro atoms. The first-order valence-electron chi connectivity index (χ1n) is 10.3. The van der Waals surface area contributed by atoms with Crippen molar-refractivity contribution in [3.8, 4) is 5.69 Å². The zero-order chi connectivity index (χ0) is 22.4. The van der Waals surface area contributed by atoms with Crippen LogP contribution in [0.4, 0.5) is 5.69 Å². The molecule has 7 nitrogen and oxygen atoms in total. The van der Waals surface area contributed by atoms with Crippen LogP contribution >= 0.6 is 0 Å². The molecule has 160 valence electrons. The highest BCUT2D eigenvalue weighted by atomic mass is 16.6. The van der Waals surface area contributed by atoms with E-state index >= 15 is 0 Å². The zero-order valence-corrected chi connectivity index (χ0v) is 18.0. The van der Waals surface area contributed by atoms with Crippen molar-refractivity contribution >= 4 is 17.8 Å². The van der Waals surface area contributed by atoms with Gasteiger partial charge in [-0.1, -0.05) is 25.5 Å². The summed E-state index contributed by atoms with van der Waals surface area (Å²) >= 11 is 0. The molecule has 1 N–H and O–H groups in total. The van der Waals surface area contributed by atoms with Crippen LogP contribution in [0, 0.1) is 24.0 Å². The third-order valence-electron chi connectivity index (χ3n) is 5.19. The molecule has 0 aliphatic heterocycles. The van der Waals surface area contributed by atoms with E-state index in [2.05, 4.69) is 46.3 Å². The molecule has 1 amide bonds. The van der Waals surface area contributed by atoms with E-state index in [0.717, 1.165) is 29.1 Å². The first kappa shape index (κ1) is 22.0. The molecule has 0 saturated carbocycles. The van der Waals surface area contributed by atoms with Crippen molar-refractivity contribution in [3.05, 3.63) is 92.8 Å². The van der Waals surface area contributed by atoms with Gasteiger partial charge in [-0.2, -0.15) is 5.10 Å². The maximum Gasteiger partial charge on any atom is 0.271 e. The molecule has 2 aromatic carbocycles. The number of nitro groups is 1. The molecule has 0 saturated heterocycles. The smallest absolute Gasteiger partial charge is 0.271 e. The van der Waals surface area contributed by atoms with E-state index < -0.39 is 10.8 Å². The zero-order valence-electron chi connectivity index (χ0n) is 18.0. The van der Waals surface area contributed by atoms with Gasteiger partial charge in [-0.25, -0.2) is 5.43 Å². The van der Waals surface area contributed by atoms with E-state index in [9.17, 15) is 14.9 Å². The molecule has 0 atom stereocenters. The van der Waals surface area contributed by atoms with Gasteiger partial charge in [0.05, 0.1) is 11.1 Å². The molecule has 0 aliphatic carbocycles. The number of hydrazone groups is 1. The average molecular weight is 418 g/mol. The van der Waals surface area contributed by atoms with Crippen LogP contribution in [0.15, 0.2) is 59.7 Å². The van der Waals surface area contributed by atoms with Crippen molar-refractivity contribution in [3.63, 3.8) is 0 Å². The van der Waals surface area contributed by atoms with Gasteiger partial charge >= 0.3 is 0 Å². The third-order valence-corrected chi connectivity index (χ3v) is 5.19. The van der Waals surface area contributed by atoms with Crippen molar-refractivity contribution in [1.29, 1.82) is 0 Å². The lowest BCUT2D eigenvalue weighted by Gasteiger charge is -2.10. The molecule has 0 bridgehead atoms. The highest BCUT2D eigenvalue weighted by Gasteiger charge is 2.11. The van der Waals surface area contributed by atoms with Crippen LogP contribution in [0.2, 0.25) is 0 Å². The van der Waals surface area contributed by atoms with Gasteiger partial charge in [0.2, 0.25) is 0 Å². The largest absolute Gasteiger partial charge is 0.318 e. The Kier molecular flexibility index (Phi) is 6.97. The lowest BCUT2D eigenvalue weighted by atomic mass is 10.1. The van der Waals surface area contributed by atoms with Crippen molar-refractivity contribution in [2.45, 2.75) is 40.0 Å². The van der Waals surface area contributed by atoms with Crippen molar-refractivity contribution < 1.29 is 9.72 Å². The fourth-order valence-corrected chi connectivity index (χ4v) is 3.47. The molecule has 3 rings (SSSR count). The molecule has 1 aromatic heterocycles. The number of unbranched alkanes of at least 4 members (excludes halogenated alkanes) is 1. The lowest BCUT2D eigenvalue weighted by Crippen LogP contribution is -2.17. The number of hydrogen-bond donors (Lipinski definition) is 1. The van der Waals surface area contributed by atoms with Gasteiger partial charge in [0.15, 0.2) is 0 Å². The number of carbonyl (C=O) groups excluding carboxylic acids is 1. The number of rotatable bonds is 8. The van der Waals surface area contributed by atoms with E-state index in [4.69, 9.17) is 0 Å². The predicted molar refractivity (Wildman–Crippen MR) is 122 cm³/mol. The molecule has 31 heavy (non-hydrogen) atoms. The monoisotopic (exact) mass is 418 g/mol. The number of aryl methyl sites for hydroxylation is 2. The van der Waals surface area contributed by atoms with Crippen LogP contribution in [0.5, 0.6) is 0 Å². The second kappa shape index (κ2) is 9.84. The molecule has 0 radical (unpaired) electrons. The van der Waals surface area contributed by atoms with Crippen LogP contribution in [0.3, 0.4) is 0 Å². The highest BCUT2D eigenvalue weighted by molar-refractivity contribution is 5.95. The topological polar surface area (TPSA) is 89.5 Å². The summed E-state index contributed by atoms with van der Waals surface area (Å²) in [7, 11) is 0. The molecule has 0 fully saturated rings. The van der Waals surface area contributed by atoms with E-state index in [1.54, 1.807) is 6.21 Å². The number of hydrogen-bond acceptors (Lipinski definition) is 4. The molecular weight excluding hydrogens is 392 g/mol. The summed E-state index contributed by atoms with van der Waals surface area (Å²) in [4.78, 5) is 22.4. The lowest BCUT2D eigenvalue weighted by molar-refractivity contribution is -0.384. The summed E-state index contributed by atoms with van der Waals surface area (Å²) in [5.74, 6) is -0.428. The van der Waals surface area contributed by atoms with Crippen molar-refractivity contribution in [1.82, 2.24) is 9.99 Å². The van der Waals surface area contributed by atoms with Crippen LogP contribution in [-0.4, -0.2) is 21.6 Å². The third kappa shape index (κ3) is 5.25. The van der Waals surface area contributed by atoms with E-state index in [-0.39, 0.29) is 5.69 Å². The number of nitrogens with one attached hydrogen (secondary N) is 1. The van der Waals surface area contributed by atoms with Gasteiger partial charge in [0.25, 0.3) is 11.6 Å². The minimum Gasteiger partial charge on any atom is -0.318 e. The number of nitrogens with zero attached hydrogens (tertiary/aromatic N) is 3. The van der Waals surface area contributed by atoms with E-state index in [0.29, 0.717) is 5.56 Å². The molecule has 0 unspecified atom stereocenters. The van der Waals surface area contributed by atoms with Crippen molar-refractivity contribution in [2.75, 3.05) is 0 Å². The second-order valence-corrected chi connectivity index (χ2v) is 7.43. The quantitative estimate of drug-likeness (QED) is 0.313. The summed E-state index contributed by atoms with van der Waals surface area (Å²) in [6, 6.07) is 16.0. The van der Waals surface area contributed by atoms with Gasteiger partial charge < -0.3 is 4.57 Å². The SMILES string of the molecule is CCCCc1ccc(-n2c(C)cc(C=NNC(=O)c3ccc([N+](=O)[O-])cc3)c2C)cc1.